The summed E-state index contributed by atoms with van der Waals surface area (Å²) in [5, 5.41) is 9.32. The highest BCUT2D eigenvalue weighted by Crippen LogP contribution is 2.11. The van der Waals surface area contributed by atoms with Gasteiger partial charge < -0.3 is 5.11 Å². The molecule has 0 spiro atoms. The highest BCUT2D eigenvalue weighted by atomic mass is 35.5. The molecule has 2 heteroatoms. The van der Waals surface area contributed by atoms with Crippen LogP contribution in [0.1, 0.15) is 13.8 Å². The second-order valence-corrected chi connectivity index (χ2v) is 2.72. The van der Waals surface area contributed by atoms with E-state index in [-0.39, 0.29) is 5.92 Å². The summed E-state index contributed by atoms with van der Waals surface area (Å²) in [6.45, 7) is 7.31. The minimum absolute atomic E-state index is 0.0509. The van der Waals surface area contributed by atoms with Gasteiger partial charge in [-0.2, -0.15) is 0 Å². The summed E-state index contributed by atoms with van der Waals surface area (Å²) in [4.78, 5) is 0. The Hall–Kier alpha value is -0.270. The Bertz CT molecular complexity index is 140. The van der Waals surface area contributed by atoms with Crippen LogP contribution in [0.4, 0.5) is 0 Å². The van der Waals surface area contributed by atoms with Crippen molar-refractivity contribution in [3.63, 3.8) is 0 Å². The molecule has 0 bridgehead atoms. The molecule has 0 saturated carbocycles. The summed E-state index contributed by atoms with van der Waals surface area (Å²) in [6.07, 6.45) is 1.26. The number of aliphatic hydroxyl groups excluding tert-OH is 1. The molecule has 0 aliphatic rings. The van der Waals surface area contributed by atoms with Gasteiger partial charge in [-0.3, -0.25) is 0 Å². The first-order chi connectivity index (χ1) is 4.59. The van der Waals surface area contributed by atoms with Crippen LogP contribution in [0.5, 0.6) is 0 Å². The lowest BCUT2D eigenvalue weighted by atomic mass is 10.00. The van der Waals surface area contributed by atoms with E-state index in [1.165, 1.54) is 5.54 Å². The van der Waals surface area contributed by atoms with Crippen molar-refractivity contribution >= 4 is 11.6 Å². The van der Waals surface area contributed by atoms with Gasteiger partial charge in [0.1, 0.15) is 0 Å². The fourth-order valence-electron chi connectivity index (χ4n) is 0.669. The molecule has 1 N–H and O–H groups in total. The van der Waals surface area contributed by atoms with Crippen LogP contribution < -0.4 is 0 Å². The molecule has 2 atom stereocenters. The molecule has 0 aromatic carbocycles. The van der Waals surface area contributed by atoms with E-state index in [4.69, 9.17) is 11.6 Å². The molecule has 0 aliphatic heterocycles. The third-order valence-electron chi connectivity index (χ3n) is 1.38. The van der Waals surface area contributed by atoms with E-state index in [1.807, 2.05) is 6.92 Å². The number of halogens is 1. The standard InChI is InChI=1S/C8H13ClO/c1-6(2)8(10)7(3)4-5-9/h4-5,7-8,10H,1H2,2-3H3/b5-4-/t7-,8+/m0/s1. The van der Waals surface area contributed by atoms with Crippen LogP contribution in [0, 0.1) is 5.92 Å². The van der Waals surface area contributed by atoms with Crippen molar-refractivity contribution in [3.8, 4) is 0 Å². The highest BCUT2D eigenvalue weighted by molar-refractivity contribution is 6.25. The fraction of sp³-hybridized carbons (Fsp3) is 0.500. The van der Waals surface area contributed by atoms with E-state index in [1.54, 1.807) is 13.0 Å². The van der Waals surface area contributed by atoms with Gasteiger partial charge in [-0.05, 0) is 6.92 Å². The lowest BCUT2D eigenvalue weighted by Crippen LogP contribution is -2.15. The molecule has 10 heavy (non-hydrogen) atoms. The van der Waals surface area contributed by atoms with Crippen molar-refractivity contribution < 1.29 is 5.11 Å². The molecule has 0 heterocycles. The predicted octanol–water partition coefficient (Wildman–Crippen LogP) is 2.31. The summed E-state index contributed by atoms with van der Waals surface area (Å²) in [7, 11) is 0. The number of aliphatic hydroxyl groups is 1. The Morgan fingerprint density at radius 2 is 2.20 bits per heavy atom. The molecule has 1 nitrogen and oxygen atoms in total. The number of rotatable bonds is 3. The van der Waals surface area contributed by atoms with Crippen molar-refractivity contribution in [2.75, 3.05) is 0 Å². The Balaban J connectivity index is 3.93. The van der Waals surface area contributed by atoms with E-state index < -0.39 is 6.10 Å². The lowest BCUT2D eigenvalue weighted by Gasteiger charge is -2.14. The van der Waals surface area contributed by atoms with Gasteiger partial charge >= 0.3 is 0 Å². The van der Waals surface area contributed by atoms with E-state index in [0.29, 0.717) is 0 Å². The van der Waals surface area contributed by atoms with E-state index in [2.05, 4.69) is 6.58 Å². The fourth-order valence-corrected chi connectivity index (χ4v) is 0.898. The minimum atomic E-state index is -0.477. The average Bonchev–Trinajstić information content (AvgIpc) is 1.87. The number of hydrogen-bond donors (Lipinski definition) is 1. The largest absolute Gasteiger partial charge is 0.388 e. The average molecular weight is 161 g/mol. The molecule has 58 valence electrons. The molecule has 0 radical (unpaired) electrons. The molecule has 0 saturated heterocycles. The summed E-state index contributed by atoms with van der Waals surface area (Å²) in [5.74, 6) is 0.0509. The summed E-state index contributed by atoms with van der Waals surface area (Å²) < 4.78 is 0. The first-order valence-corrected chi connectivity index (χ1v) is 3.63. The quantitative estimate of drug-likeness (QED) is 0.629. The first-order valence-electron chi connectivity index (χ1n) is 3.20. The number of hydrogen-bond acceptors (Lipinski definition) is 1. The lowest BCUT2D eigenvalue weighted by molar-refractivity contribution is 0.174. The van der Waals surface area contributed by atoms with E-state index >= 15 is 0 Å². The smallest absolute Gasteiger partial charge is 0.0805 e. The summed E-state index contributed by atoms with van der Waals surface area (Å²) in [5.41, 5.74) is 2.18. The van der Waals surface area contributed by atoms with Crippen LogP contribution in [0.2, 0.25) is 0 Å². The third-order valence-corrected chi connectivity index (χ3v) is 1.52. The zero-order valence-electron chi connectivity index (χ0n) is 6.34. The Kier molecular flexibility index (Phi) is 4.41. The van der Waals surface area contributed by atoms with Gasteiger partial charge in [0, 0.05) is 11.5 Å². The molecule has 0 aromatic rings. The van der Waals surface area contributed by atoms with Gasteiger partial charge in [-0.15, -0.1) is 0 Å². The first kappa shape index (κ1) is 9.73. The molecular weight excluding hydrogens is 148 g/mol. The van der Waals surface area contributed by atoms with Crippen molar-refractivity contribution in [3.05, 3.63) is 23.8 Å². The monoisotopic (exact) mass is 160 g/mol. The summed E-state index contributed by atoms with van der Waals surface area (Å²) in [6, 6.07) is 0. The third kappa shape index (κ3) is 3.04. The van der Waals surface area contributed by atoms with Gasteiger partial charge in [0.05, 0.1) is 6.10 Å². The van der Waals surface area contributed by atoms with Gasteiger partial charge in [-0.25, -0.2) is 0 Å². The minimum Gasteiger partial charge on any atom is -0.388 e. The van der Waals surface area contributed by atoms with Crippen LogP contribution in [-0.2, 0) is 0 Å². The van der Waals surface area contributed by atoms with Crippen LogP contribution >= 0.6 is 11.6 Å². The maximum absolute atomic E-state index is 9.32. The Morgan fingerprint density at radius 3 is 2.50 bits per heavy atom. The second kappa shape index (κ2) is 4.53. The van der Waals surface area contributed by atoms with E-state index in [9.17, 15) is 5.11 Å². The van der Waals surface area contributed by atoms with Crippen molar-refractivity contribution in [1.82, 2.24) is 0 Å². The molecule has 0 amide bonds. The Morgan fingerprint density at radius 1 is 1.70 bits per heavy atom. The van der Waals surface area contributed by atoms with Gasteiger partial charge in [0.15, 0.2) is 0 Å². The molecule has 0 fully saturated rings. The van der Waals surface area contributed by atoms with Crippen LogP contribution in [-0.4, -0.2) is 11.2 Å². The highest BCUT2D eigenvalue weighted by Gasteiger charge is 2.10. The van der Waals surface area contributed by atoms with Crippen LogP contribution in [0.25, 0.3) is 0 Å². The SMILES string of the molecule is C=C(C)[C@@H](O)[C@@H](C)/C=C\Cl. The molecule has 0 aromatic heterocycles. The molecule has 0 rings (SSSR count). The van der Waals surface area contributed by atoms with E-state index in [0.717, 1.165) is 5.57 Å². The molecule has 0 aliphatic carbocycles. The zero-order chi connectivity index (χ0) is 8.15. The normalized spacial score (nSPS) is 17.2. The Labute approximate surface area is 67.0 Å². The maximum atomic E-state index is 9.32. The maximum Gasteiger partial charge on any atom is 0.0805 e. The van der Waals surface area contributed by atoms with Crippen molar-refractivity contribution in [2.24, 2.45) is 5.92 Å². The van der Waals surface area contributed by atoms with Crippen LogP contribution in [0.3, 0.4) is 0 Å². The predicted molar refractivity (Wildman–Crippen MR) is 45.0 cm³/mol. The van der Waals surface area contributed by atoms with Crippen molar-refractivity contribution in [2.45, 2.75) is 20.0 Å². The summed E-state index contributed by atoms with van der Waals surface area (Å²) >= 11 is 5.32. The van der Waals surface area contributed by atoms with Gasteiger partial charge in [-0.1, -0.05) is 36.8 Å². The topological polar surface area (TPSA) is 20.2 Å². The zero-order valence-corrected chi connectivity index (χ0v) is 7.10. The van der Waals surface area contributed by atoms with Crippen LogP contribution in [0.15, 0.2) is 23.8 Å². The van der Waals surface area contributed by atoms with Crippen molar-refractivity contribution in [1.29, 1.82) is 0 Å². The van der Waals surface area contributed by atoms with Gasteiger partial charge in [0.25, 0.3) is 0 Å². The molecular formula is C8H13ClO. The molecule has 0 unspecified atom stereocenters. The second-order valence-electron chi connectivity index (χ2n) is 2.47. The van der Waals surface area contributed by atoms with Gasteiger partial charge in [0.2, 0.25) is 0 Å².